The zero-order valence-electron chi connectivity index (χ0n) is 14.1. The normalized spacial score (nSPS) is 14.5. The molecule has 0 amide bonds. The molecule has 1 saturated heterocycles. The number of hydrogen-bond donors (Lipinski definition) is 1. The third-order valence-electron chi connectivity index (χ3n) is 4.12. The van der Waals surface area contributed by atoms with Crippen LogP contribution >= 0.6 is 24.2 Å². The standard InChI is InChI=1S/C19H24N2S.ClH/c1-14-4-6-18(16(3)12-14)22-19-7-5-15(2)13-17(19)21-10-8-20-9-11-21;/h4-7,12-13,20H,8-11H2,1-3H3;1H. The van der Waals surface area contributed by atoms with E-state index in [0.717, 1.165) is 26.2 Å². The lowest BCUT2D eigenvalue weighted by Crippen LogP contribution is -2.43. The van der Waals surface area contributed by atoms with E-state index in [9.17, 15) is 0 Å². The zero-order chi connectivity index (χ0) is 15.5. The van der Waals surface area contributed by atoms with Crippen LogP contribution in [0.5, 0.6) is 0 Å². The van der Waals surface area contributed by atoms with Crippen molar-refractivity contribution in [1.82, 2.24) is 5.32 Å². The first kappa shape index (κ1) is 18.2. The molecule has 124 valence electrons. The molecule has 0 aliphatic carbocycles. The lowest BCUT2D eigenvalue weighted by Gasteiger charge is -2.31. The number of rotatable bonds is 3. The molecule has 1 fully saturated rings. The van der Waals surface area contributed by atoms with Gasteiger partial charge in [0.15, 0.2) is 0 Å². The molecule has 4 heteroatoms. The number of anilines is 1. The van der Waals surface area contributed by atoms with Crippen molar-refractivity contribution in [1.29, 1.82) is 0 Å². The molecule has 0 spiro atoms. The van der Waals surface area contributed by atoms with Crippen molar-refractivity contribution >= 4 is 29.9 Å². The Hall–Kier alpha value is -1.16. The molecular formula is C19H25ClN2S. The van der Waals surface area contributed by atoms with Gasteiger partial charge in [-0.15, -0.1) is 12.4 Å². The first-order valence-electron chi connectivity index (χ1n) is 7.95. The van der Waals surface area contributed by atoms with E-state index in [1.54, 1.807) is 0 Å². The SMILES string of the molecule is Cc1ccc(Sc2ccc(C)cc2N2CCNCC2)c(C)c1.Cl. The van der Waals surface area contributed by atoms with Gasteiger partial charge >= 0.3 is 0 Å². The maximum atomic E-state index is 3.44. The van der Waals surface area contributed by atoms with Crippen LogP contribution in [-0.4, -0.2) is 26.2 Å². The van der Waals surface area contributed by atoms with Crippen LogP contribution in [0.25, 0.3) is 0 Å². The van der Waals surface area contributed by atoms with Gasteiger partial charge < -0.3 is 10.2 Å². The molecular weight excluding hydrogens is 324 g/mol. The van der Waals surface area contributed by atoms with E-state index in [1.165, 1.54) is 32.2 Å². The van der Waals surface area contributed by atoms with Gasteiger partial charge in [-0.2, -0.15) is 0 Å². The predicted molar refractivity (Wildman–Crippen MR) is 104 cm³/mol. The summed E-state index contributed by atoms with van der Waals surface area (Å²) in [5.41, 5.74) is 5.40. The minimum atomic E-state index is 0. The molecule has 1 aliphatic rings. The monoisotopic (exact) mass is 348 g/mol. The Balaban J connectivity index is 0.00000192. The third kappa shape index (κ3) is 4.43. The van der Waals surface area contributed by atoms with Gasteiger partial charge in [-0.1, -0.05) is 35.5 Å². The summed E-state index contributed by atoms with van der Waals surface area (Å²) >= 11 is 1.89. The second kappa shape index (κ2) is 8.09. The Morgan fingerprint density at radius 2 is 1.48 bits per heavy atom. The molecule has 0 saturated carbocycles. The topological polar surface area (TPSA) is 15.3 Å². The number of piperazine rings is 1. The quantitative estimate of drug-likeness (QED) is 0.873. The van der Waals surface area contributed by atoms with Crippen molar-refractivity contribution in [3.8, 4) is 0 Å². The van der Waals surface area contributed by atoms with Crippen LogP contribution in [0.2, 0.25) is 0 Å². The van der Waals surface area contributed by atoms with Gasteiger partial charge in [-0.25, -0.2) is 0 Å². The van der Waals surface area contributed by atoms with Gasteiger partial charge in [0.2, 0.25) is 0 Å². The maximum Gasteiger partial charge on any atom is 0.0511 e. The lowest BCUT2D eigenvalue weighted by molar-refractivity contribution is 0.587. The summed E-state index contributed by atoms with van der Waals surface area (Å²) < 4.78 is 0. The van der Waals surface area contributed by atoms with E-state index in [0.29, 0.717) is 0 Å². The number of nitrogens with one attached hydrogen (secondary N) is 1. The number of aryl methyl sites for hydroxylation is 3. The molecule has 0 atom stereocenters. The third-order valence-corrected chi connectivity index (χ3v) is 5.37. The molecule has 3 rings (SSSR count). The van der Waals surface area contributed by atoms with Crippen LogP contribution in [-0.2, 0) is 0 Å². The van der Waals surface area contributed by atoms with Gasteiger partial charge in [-0.3, -0.25) is 0 Å². The largest absolute Gasteiger partial charge is 0.368 e. The van der Waals surface area contributed by atoms with Crippen LogP contribution in [0, 0.1) is 20.8 Å². The number of nitrogens with zero attached hydrogens (tertiary/aromatic N) is 1. The predicted octanol–water partition coefficient (Wildman–Crippen LogP) is 4.59. The molecule has 2 aromatic carbocycles. The second-order valence-corrected chi connectivity index (χ2v) is 7.16. The Labute approximate surface area is 150 Å². The maximum absolute atomic E-state index is 3.44. The first-order valence-corrected chi connectivity index (χ1v) is 8.76. The Bertz CT molecular complexity index is 666. The van der Waals surface area contributed by atoms with Crippen LogP contribution in [0.3, 0.4) is 0 Å². The molecule has 1 heterocycles. The first-order chi connectivity index (χ1) is 10.6. The van der Waals surface area contributed by atoms with Gasteiger partial charge in [0, 0.05) is 36.0 Å². The van der Waals surface area contributed by atoms with Crippen LogP contribution in [0.15, 0.2) is 46.2 Å². The van der Waals surface area contributed by atoms with E-state index in [2.05, 4.69) is 67.4 Å². The summed E-state index contributed by atoms with van der Waals surface area (Å²) in [6.45, 7) is 10.8. The van der Waals surface area contributed by atoms with Crippen molar-refractivity contribution in [2.75, 3.05) is 31.1 Å². The van der Waals surface area contributed by atoms with Gasteiger partial charge in [-0.05, 0) is 50.1 Å². The average Bonchev–Trinajstić information content (AvgIpc) is 2.52. The molecule has 0 bridgehead atoms. The molecule has 0 unspecified atom stereocenters. The molecule has 2 nitrogen and oxygen atoms in total. The molecule has 1 N–H and O–H groups in total. The minimum Gasteiger partial charge on any atom is -0.368 e. The van der Waals surface area contributed by atoms with Crippen LogP contribution in [0.1, 0.15) is 16.7 Å². The Kier molecular flexibility index (Phi) is 6.40. The summed E-state index contributed by atoms with van der Waals surface area (Å²) in [5.74, 6) is 0. The van der Waals surface area contributed by atoms with Crippen molar-refractivity contribution in [3.63, 3.8) is 0 Å². The molecule has 0 aromatic heterocycles. The lowest BCUT2D eigenvalue weighted by atomic mass is 10.2. The van der Waals surface area contributed by atoms with Crippen LogP contribution in [0.4, 0.5) is 5.69 Å². The van der Waals surface area contributed by atoms with Crippen molar-refractivity contribution in [2.45, 2.75) is 30.6 Å². The fourth-order valence-corrected chi connectivity index (χ4v) is 3.92. The summed E-state index contributed by atoms with van der Waals surface area (Å²) in [5, 5.41) is 3.44. The fourth-order valence-electron chi connectivity index (χ4n) is 2.90. The highest BCUT2D eigenvalue weighted by molar-refractivity contribution is 7.99. The summed E-state index contributed by atoms with van der Waals surface area (Å²) in [6.07, 6.45) is 0. The van der Waals surface area contributed by atoms with E-state index < -0.39 is 0 Å². The highest BCUT2D eigenvalue weighted by Crippen LogP contribution is 2.37. The Morgan fingerprint density at radius 1 is 0.870 bits per heavy atom. The average molecular weight is 349 g/mol. The fraction of sp³-hybridized carbons (Fsp3) is 0.368. The summed E-state index contributed by atoms with van der Waals surface area (Å²) in [7, 11) is 0. The van der Waals surface area contributed by atoms with E-state index >= 15 is 0 Å². The zero-order valence-corrected chi connectivity index (χ0v) is 15.7. The second-order valence-electron chi connectivity index (χ2n) is 6.08. The highest BCUT2D eigenvalue weighted by Gasteiger charge is 2.15. The van der Waals surface area contributed by atoms with E-state index in [4.69, 9.17) is 0 Å². The molecule has 0 radical (unpaired) electrons. The number of benzene rings is 2. The highest BCUT2D eigenvalue weighted by atomic mass is 35.5. The van der Waals surface area contributed by atoms with Gasteiger partial charge in [0.1, 0.15) is 0 Å². The minimum absolute atomic E-state index is 0. The Morgan fingerprint density at radius 3 is 2.13 bits per heavy atom. The number of halogens is 1. The van der Waals surface area contributed by atoms with Crippen molar-refractivity contribution in [3.05, 3.63) is 53.1 Å². The van der Waals surface area contributed by atoms with Gasteiger partial charge in [0.05, 0.1) is 5.69 Å². The van der Waals surface area contributed by atoms with E-state index in [1.807, 2.05) is 11.8 Å². The summed E-state index contributed by atoms with van der Waals surface area (Å²) in [4.78, 5) is 5.22. The van der Waals surface area contributed by atoms with E-state index in [-0.39, 0.29) is 12.4 Å². The van der Waals surface area contributed by atoms with Crippen LogP contribution < -0.4 is 10.2 Å². The van der Waals surface area contributed by atoms with Gasteiger partial charge in [0.25, 0.3) is 0 Å². The van der Waals surface area contributed by atoms with Crippen molar-refractivity contribution in [2.24, 2.45) is 0 Å². The molecule has 23 heavy (non-hydrogen) atoms. The smallest absolute Gasteiger partial charge is 0.0511 e. The molecule has 1 aliphatic heterocycles. The van der Waals surface area contributed by atoms with Crippen molar-refractivity contribution < 1.29 is 0 Å². The summed E-state index contributed by atoms with van der Waals surface area (Å²) in [6, 6.07) is 13.5. The number of hydrogen-bond acceptors (Lipinski definition) is 3. The molecule has 2 aromatic rings.